The van der Waals surface area contributed by atoms with Crippen LogP contribution in [0.2, 0.25) is 0 Å². The molecule has 0 aliphatic rings. The van der Waals surface area contributed by atoms with Gasteiger partial charge in [-0.1, -0.05) is 0 Å². The molecule has 0 radical (unpaired) electrons. The van der Waals surface area contributed by atoms with E-state index in [0.717, 1.165) is 11.2 Å². The molecule has 0 fully saturated rings. The maximum Gasteiger partial charge on any atom is 0.144 e. The summed E-state index contributed by atoms with van der Waals surface area (Å²) in [5.74, 6) is 0. The molecule has 0 unspecified atom stereocenters. The summed E-state index contributed by atoms with van der Waals surface area (Å²) < 4.78 is 0. The van der Waals surface area contributed by atoms with Gasteiger partial charge in [-0.2, -0.15) is 0 Å². The first-order chi connectivity index (χ1) is 5.83. The van der Waals surface area contributed by atoms with Gasteiger partial charge in [-0.25, -0.2) is 0 Å². The SMILES string of the molecule is C/N=C\C/N=c1/cnc(C)c[nH]1. The first-order valence-corrected chi connectivity index (χ1v) is 3.75. The van der Waals surface area contributed by atoms with E-state index in [1.807, 2.05) is 13.1 Å². The third-order valence-corrected chi connectivity index (χ3v) is 1.35. The maximum atomic E-state index is 4.17. The van der Waals surface area contributed by atoms with Crippen molar-refractivity contribution >= 4 is 6.21 Å². The van der Waals surface area contributed by atoms with Gasteiger partial charge < -0.3 is 4.98 Å². The molecule has 12 heavy (non-hydrogen) atoms. The number of aromatic nitrogens is 2. The van der Waals surface area contributed by atoms with Crippen LogP contribution in [0.4, 0.5) is 0 Å². The Morgan fingerprint density at radius 3 is 3.08 bits per heavy atom. The van der Waals surface area contributed by atoms with Gasteiger partial charge in [-0.05, 0) is 6.92 Å². The zero-order valence-corrected chi connectivity index (χ0v) is 7.28. The summed E-state index contributed by atoms with van der Waals surface area (Å²) in [6.07, 6.45) is 5.27. The van der Waals surface area contributed by atoms with E-state index in [-0.39, 0.29) is 0 Å². The predicted octanol–water partition coefficient (Wildman–Crippen LogP) is 0.319. The van der Waals surface area contributed by atoms with Gasteiger partial charge in [0.15, 0.2) is 0 Å². The predicted molar refractivity (Wildman–Crippen MR) is 48.2 cm³/mol. The summed E-state index contributed by atoms with van der Waals surface area (Å²) in [5, 5.41) is 0. The highest BCUT2D eigenvalue weighted by molar-refractivity contribution is 5.59. The van der Waals surface area contributed by atoms with E-state index in [4.69, 9.17) is 0 Å². The van der Waals surface area contributed by atoms with Crippen LogP contribution in [0, 0.1) is 6.92 Å². The lowest BCUT2D eigenvalue weighted by Crippen LogP contribution is -2.09. The zero-order valence-electron chi connectivity index (χ0n) is 7.28. The number of hydrogen-bond acceptors (Lipinski definition) is 3. The average Bonchev–Trinajstić information content (AvgIpc) is 2.09. The number of nitrogens with zero attached hydrogens (tertiary/aromatic N) is 3. The molecule has 0 atom stereocenters. The molecule has 4 heteroatoms. The van der Waals surface area contributed by atoms with E-state index in [1.165, 1.54) is 0 Å². The van der Waals surface area contributed by atoms with Gasteiger partial charge in [-0.3, -0.25) is 15.0 Å². The Balaban J connectivity index is 2.75. The molecule has 1 N–H and O–H groups in total. The Bertz CT molecular complexity index is 304. The number of aliphatic imine (C=N–C) groups is 1. The van der Waals surface area contributed by atoms with Gasteiger partial charge in [0, 0.05) is 19.5 Å². The van der Waals surface area contributed by atoms with Gasteiger partial charge in [-0.15, -0.1) is 0 Å². The third kappa shape index (κ3) is 2.65. The van der Waals surface area contributed by atoms with Crippen molar-refractivity contribution in [2.75, 3.05) is 13.6 Å². The fraction of sp³-hybridized carbons (Fsp3) is 0.375. The van der Waals surface area contributed by atoms with E-state index in [0.29, 0.717) is 6.54 Å². The van der Waals surface area contributed by atoms with Gasteiger partial charge in [0.25, 0.3) is 0 Å². The topological polar surface area (TPSA) is 53.4 Å². The number of aryl methyl sites for hydroxylation is 1. The fourth-order valence-electron chi connectivity index (χ4n) is 0.723. The largest absolute Gasteiger partial charge is 0.344 e. The molecule has 1 aromatic heterocycles. The fourth-order valence-corrected chi connectivity index (χ4v) is 0.723. The summed E-state index contributed by atoms with van der Waals surface area (Å²) in [4.78, 5) is 15.1. The molecule has 0 saturated heterocycles. The number of H-pyrrole nitrogens is 1. The average molecular weight is 164 g/mol. The van der Waals surface area contributed by atoms with Crippen molar-refractivity contribution in [1.82, 2.24) is 9.97 Å². The van der Waals surface area contributed by atoms with Crippen LogP contribution < -0.4 is 5.49 Å². The lowest BCUT2D eigenvalue weighted by molar-refractivity contribution is 1.00. The van der Waals surface area contributed by atoms with Crippen LogP contribution in [-0.4, -0.2) is 29.8 Å². The number of aromatic amines is 1. The van der Waals surface area contributed by atoms with Crippen LogP contribution in [0.5, 0.6) is 0 Å². The van der Waals surface area contributed by atoms with Gasteiger partial charge in [0.05, 0.1) is 18.4 Å². The third-order valence-electron chi connectivity index (χ3n) is 1.35. The summed E-state index contributed by atoms with van der Waals surface area (Å²) in [6.45, 7) is 2.52. The molecular formula is C8H12N4. The minimum Gasteiger partial charge on any atom is -0.344 e. The molecule has 0 aliphatic carbocycles. The van der Waals surface area contributed by atoms with Crippen molar-refractivity contribution in [2.24, 2.45) is 9.98 Å². The van der Waals surface area contributed by atoms with Crippen molar-refractivity contribution in [3.8, 4) is 0 Å². The molecule has 0 bridgehead atoms. The molecule has 1 aromatic rings. The lowest BCUT2D eigenvalue weighted by atomic mass is 10.5. The number of nitrogens with one attached hydrogen (secondary N) is 1. The van der Waals surface area contributed by atoms with Crippen LogP contribution in [0.25, 0.3) is 0 Å². The molecule has 4 nitrogen and oxygen atoms in total. The highest BCUT2D eigenvalue weighted by atomic mass is 14.9. The molecule has 1 rings (SSSR count). The second-order valence-corrected chi connectivity index (χ2v) is 2.35. The smallest absolute Gasteiger partial charge is 0.144 e. The standard InChI is InChI=1S/C8H12N4/c1-7-5-12-8(6-11-7)10-4-3-9-2/h3,5-6H,4H2,1-2H3,(H,10,12)/b9-3-. The molecule has 0 aromatic carbocycles. The quantitative estimate of drug-likeness (QED) is 0.629. The Labute approximate surface area is 71.1 Å². The van der Waals surface area contributed by atoms with Crippen molar-refractivity contribution in [3.05, 3.63) is 23.6 Å². The van der Waals surface area contributed by atoms with Crippen molar-refractivity contribution in [3.63, 3.8) is 0 Å². The molecule has 0 saturated carbocycles. The highest BCUT2D eigenvalue weighted by Gasteiger charge is 1.81. The summed E-state index contributed by atoms with van der Waals surface area (Å²) in [5.41, 5.74) is 1.73. The van der Waals surface area contributed by atoms with Crippen LogP contribution in [0.1, 0.15) is 5.69 Å². The van der Waals surface area contributed by atoms with E-state index in [9.17, 15) is 0 Å². The van der Waals surface area contributed by atoms with Crippen LogP contribution >= 0.6 is 0 Å². The van der Waals surface area contributed by atoms with E-state index in [1.54, 1.807) is 19.5 Å². The Morgan fingerprint density at radius 2 is 2.50 bits per heavy atom. The second-order valence-electron chi connectivity index (χ2n) is 2.35. The maximum absolute atomic E-state index is 4.17. The Hall–Kier alpha value is -1.45. The molecule has 0 spiro atoms. The van der Waals surface area contributed by atoms with Gasteiger partial charge in [0.2, 0.25) is 0 Å². The normalized spacial score (nSPS) is 12.7. The molecule has 0 aliphatic heterocycles. The van der Waals surface area contributed by atoms with Crippen molar-refractivity contribution in [1.29, 1.82) is 0 Å². The van der Waals surface area contributed by atoms with Gasteiger partial charge >= 0.3 is 0 Å². The van der Waals surface area contributed by atoms with E-state index >= 15 is 0 Å². The Morgan fingerprint density at radius 1 is 1.67 bits per heavy atom. The molecule has 64 valence electrons. The highest BCUT2D eigenvalue weighted by Crippen LogP contribution is 1.78. The number of hydrogen-bond donors (Lipinski definition) is 1. The molecular weight excluding hydrogens is 152 g/mol. The number of rotatable bonds is 2. The first kappa shape index (κ1) is 8.64. The van der Waals surface area contributed by atoms with Gasteiger partial charge in [0.1, 0.15) is 5.49 Å². The lowest BCUT2D eigenvalue weighted by Gasteiger charge is -1.89. The van der Waals surface area contributed by atoms with E-state index < -0.39 is 0 Å². The van der Waals surface area contributed by atoms with Crippen LogP contribution in [0.15, 0.2) is 22.4 Å². The summed E-state index contributed by atoms with van der Waals surface area (Å²) in [6, 6.07) is 0. The van der Waals surface area contributed by atoms with Crippen LogP contribution in [0.3, 0.4) is 0 Å². The van der Waals surface area contributed by atoms with E-state index in [2.05, 4.69) is 20.0 Å². The minimum atomic E-state index is 0.595. The van der Waals surface area contributed by atoms with Crippen molar-refractivity contribution < 1.29 is 0 Å². The summed E-state index contributed by atoms with van der Waals surface area (Å²) in [7, 11) is 1.73. The van der Waals surface area contributed by atoms with Crippen molar-refractivity contribution in [2.45, 2.75) is 6.92 Å². The monoisotopic (exact) mass is 164 g/mol. The first-order valence-electron chi connectivity index (χ1n) is 3.75. The zero-order chi connectivity index (χ0) is 8.81. The Kier molecular flexibility index (Phi) is 3.19. The second kappa shape index (κ2) is 4.43. The molecule has 1 heterocycles. The van der Waals surface area contributed by atoms with Crippen LogP contribution in [-0.2, 0) is 0 Å². The summed E-state index contributed by atoms with van der Waals surface area (Å²) >= 11 is 0. The minimum absolute atomic E-state index is 0.595. The molecule has 0 amide bonds.